The van der Waals surface area contributed by atoms with Crippen LogP contribution >= 0.6 is 0 Å². The molecular formula is C59H110O6. The maximum atomic E-state index is 12.8. The van der Waals surface area contributed by atoms with Crippen molar-refractivity contribution in [3.63, 3.8) is 0 Å². The van der Waals surface area contributed by atoms with Crippen molar-refractivity contribution in [2.24, 2.45) is 0 Å². The van der Waals surface area contributed by atoms with Crippen molar-refractivity contribution < 1.29 is 28.6 Å². The average molecular weight is 916 g/mol. The van der Waals surface area contributed by atoms with E-state index in [0.717, 1.165) is 70.6 Å². The molecular weight excluding hydrogens is 805 g/mol. The number of allylic oxidation sites excluding steroid dienone is 4. The zero-order valence-electron chi connectivity index (χ0n) is 43.8. The third-order valence-electron chi connectivity index (χ3n) is 13.0. The van der Waals surface area contributed by atoms with Gasteiger partial charge in [-0.2, -0.15) is 0 Å². The molecule has 0 heterocycles. The highest BCUT2D eigenvalue weighted by atomic mass is 16.6. The molecule has 6 nitrogen and oxygen atoms in total. The molecule has 0 N–H and O–H groups in total. The fourth-order valence-corrected chi connectivity index (χ4v) is 8.59. The molecule has 0 aliphatic carbocycles. The molecule has 0 aromatic heterocycles. The van der Waals surface area contributed by atoms with Crippen LogP contribution in [0.2, 0.25) is 0 Å². The number of rotatable bonds is 53. The zero-order chi connectivity index (χ0) is 47.2. The Morgan fingerprint density at radius 2 is 0.554 bits per heavy atom. The Labute approximate surface area is 404 Å². The molecule has 0 saturated carbocycles. The second-order valence-corrected chi connectivity index (χ2v) is 19.6. The number of hydrogen-bond acceptors (Lipinski definition) is 6. The molecule has 0 unspecified atom stereocenters. The number of hydrogen-bond donors (Lipinski definition) is 0. The second-order valence-electron chi connectivity index (χ2n) is 19.6. The molecule has 0 aliphatic heterocycles. The fourth-order valence-electron chi connectivity index (χ4n) is 8.59. The van der Waals surface area contributed by atoms with Crippen LogP contribution in [0.15, 0.2) is 24.3 Å². The Bertz CT molecular complexity index is 1050. The molecule has 0 saturated heterocycles. The summed E-state index contributed by atoms with van der Waals surface area (Å²) in [6.45, 7) is 6.66. The molecule has 0 aromatic carbocycles. The predicted molar refractivity (Wildman–Crippen MR) is 279 cm³/mol. The predicted octanol–water partition coefficient (Wildman–Crippen LogP) is 19.1. The van der Waals surface area contributed by atoms with E-state index in [-0.39, 0.29) is 31.1 Å². The van der Waals surface area contributed by atoms with Gasteiger partial charge in [-0.1, -0.05) is 270 Å². The van der Waals surface area contributed by atoms with Crippen molar-refractivity contribution in [3.8, 4) is 0 Å². The van der Waals surface area contributed by atoms with Gasteiger partial charge >= 0.3 is 17.9 Å². The van der Waals surface area contributed by atoms with E-state index < -0.39 is 6.10 Å². The van der Waals surface area contributed by atoms with Gasteiger partial charge in [0.05, 0.1) is 0 Å². The van der Waals surface area contributed by atoms with Crippen LogP contribution in [-0.2, 0) is 28.6 Å². The molecule has 0 radical (unpaired) electrons. The third kappa shape index (κ3) is 52.7. The second kappa shape index (κ2) is 54.5. The van der Waals surface area contributed by atoms with E-state index in [4.69, 9.17) is 14.2 Å². The maximum absolute atomic E-state index is 12.8. The number of ether oxygens (including phenoxy) is 3. The van der Waals surface area contributed by atoms with Crippen LogP contribution in [0.3, 0.4) is 0 Å². The first-order valence-corrected chi connectivity index (χ1v) is 28.8. The van der Waals surface area contributed by atoms with Crippen molar-refractivity contribution in [2.75, 3.05) is 13.2 Å². The van der Waals surface area contributed by atoms with E-state index in [1.54, 1.807) is 0 Å². The minimum Gasteiger partial charge on any atom is -0.462 e. The van der Waals surface area contributed by atoms with Gasteiger partial charge in [-0.3, -0.25) is 14.4 Å². The first-order chi connectivity index (χ1) is 32.0. The largest absolute Gasteiger partial charge is 0.462 e. The standard InChI is InChI=1S/C59H110O6/c1-4-7-10-13-16-19-22-25-28-30-32-34-37-40-43-46-49-52-58(61)64-55-56(54-63-57(60)51-48-45-42-39-36-33-27-24-21-18-15-12-9-6-3)65-59(62)53-50-47-44-41-38-35-31-29-26-23-20-17-14-11-8-5-2/h16,19,25,28,56H,4-15,17-18,20-24,26-27,29-55H2,1-3H3/b19-16+,28-25+/t56-/m1/s1. The van der Waals surface area contributed by atoms with Gasteiger partial charge in [-0.25, -0.2) is 0 Å². The first kappa shape index (κ1) is 62.9. The Balaban J connectivity index is 4.33. The quantitative estimate of drug-likeness (QED) is 0.0262. The van der Waals surface area contributed by atoms with Crippen LogP contribution in [0.25, 0.3) is 0 Å². The Hall–Kier alpha value is -2.11. The highest BCUT2D eigenvalue weighted by Crippen LogP contribution is 2.17. The summed E-state index contributed by atoms with van der Waals surface area (Å²) in [5.74, 6) is -0.854. The van der Waals surface area contributed by atoms with Gasteiger partial charge in [0.25, 0.3) is 0 Å². The molecule has 382 valence electrons. The summed E-state index contributed by atoms with van der Waals surface area (Å²) in [7, 11) is 0. The van der Waals surface area contributed by atoms with E-state index in [1.165, 1.54) is 205 Å². The summed E-state index contributed by atoms with van der Waals surface area (Å²) in [5, 5.41) is 0. The van der Waals surface area contributed by atoms with Crippen molar-refractivity contribution in [1.82, 2.24) is 0 Å². The van der Waals surface area contributed by atoms with Gasteiger partial charge < -0.3 is 14.2 Å². The fraction of sp³-hybridized carbons (Fsp3) is 0.881. The van der Waals surface area contributed by atoms with Crippen LogP contribution in [-0.4, -0.2) is 37.2 Å². The molecule has 0 bridgehead atoms. The van der Waals surface area contributed by atoms with Gasteiger partial charge in [-0.15, -0.1) is 0 Å². The van der Waals surface area contributed by atoms with Gasteiger partial charge in [-0.05, 0) is 51.4 Å². The van der Waals surface area contributed by atoms with Crippen LogP contribution in [0.5, 0.6) is 0 Å². The minimum absolute atomic E-state index is 0.0681. The van der Waals surface area contributed by atoms with Gasteiger partial charge in [0.2, 0.25) is 0 Å². The molecule has 0 amide bonds. The monoisotopic (exact) mass is 915 g/mol. The Morgan fingerprint density at radius 1 is 0.308 bits per heavy atom. The topological polar surface area (TPSA) is 78.9 Å². The van der Waals surface area contributed by atoms with E-state index >= 15 is 0 Å². The lowest BCUT2D eigenvalue weighted by Crippen LogP contribution is -2.30. The molecule has 0 fully saturated rings. The number of esters is 3. The number of carbonyl (C=O) groups is 3. The lowest BCUT2D eigenvalue weighted by Gasteiger charge is -2.18. The maximum Gasteiger partial charge on any atom is 0.306 e. The summed E-state index contributed by atoms with van der Waals surface area (Å²) in [5.41, 5.74) is 0. The summed E-state index contributed by atoms with van der Waals surface area (Å²) in [6.07, 6.45) is 63.0. The highest BCUT2D eigenvalue weighted by Gasteiger charge is 2.19. The van der Waals surface area contributed by atoms with E-state index in [0.29, 0.717) is 19.3 Å². The lowest BCUT2D eigenvalue weighted by molar-refractivity contribution is -0.167. The molecule has 0 rings (SSSR count). The first-order valence-electron chi connectivity index (χ1n) is 28.8. The van der Waals surface area contributed by atoms with Crippen molar-refractivity contribution in [2.45, 2.75) is 322 Å². The molecule has 6 heteroatoms. The number of carbonyl (C=O) groups excluding carboxylic acids is 3. The van der Waals surface area contributed by atoms with E-state index in [9.17, 15) is 14.4 Å². The lowest BCUT2D eigenvalue weighted by atomic mass is 10.0. The molecule has 0 spiro atoms. The van der Waals surface area contributed by atoms with Crippen LogP contribution < -0.4 is 0 Å². The third-order valence-corrected chi connectivity index (χ3v) is 13.0. The minimum atomic E-state index is -0.769. The molecule has 0 aliphatic rings. The Morgan fingerprint density at radius 3 is 0.877 bits per heavy atom. The van der Waals surface area contributed by atoms with E-state index in [1.807, 2.05) is 0 Å². The molecule has 0 aromatic rings. The highest BCUT2D eigenvalue weighted by molar-refractivity contribution is 5.71. The average Bonchev–Trinajstić information content (AvgIpc) is 3.30. The van der Waals surface area contributed by atoms with Gasteiger partial charge in [0, 0.05) is 19.3 Å². The summed E-state index contributed by atoms with van der Waals surface area (Å²) < 4.78 is 16.9. The molecule has 1 atom stereocenters. The van der Waals surface area contributed by atoms with E-state index in [2.05, 4.69) is 45.1 Å². The van der Waals surface area contributed by atoms with Crippen LogP contribution in [0.4, 0.5) is 0 Å². The number of unbranched alkanes of at least 4 members (excludes halogenated alkanes) is 38. The van der Waals surface area contributed by atoms with Crippen molar-refractivity contribution in [3.05, 3.63) is 24.3 Å². The normalized spacial score (nSPS) is 12.1. The SMILES string of the molecule is CCCCC/C=C/C/C=C/CCCCCCCCCC(=O)OC[C@@H](COC(=O)CCCCCCCCCCCCCCCC)OC(=O)CCCCCCCCCCCCCCCCCC. The van der Waals surface area contributed by atoms with Crippen LogP contribution in [0.1, 0.15) is 316 Å². The molecule has 65 heavy (non-hydrogen) atoms. The summed E-state index contributed by atoms with van der Waals surface area (Å²) in [4.78, 5) is 38.1. The van der Waals surface area contributed by atoms with Gasteiger partial charge in [0.1, 0.15) is 13.2 Å². The van der Waals surface area contributed by atoms with Crippen molar-refractivity contribution in [1.29, 1.82) is 0 Å². The summed E-state index contributed by atoms with van der Waals surface area (Å²) >= 11 is 0. The van der Waals surface area contributed by atoms with Crippen LogP contribution in [0, 0.1) is 0 Å². The zero-order valence-corrected chi connectivity index (χ0v) is 43.8. The Kier molecular flexibility index (Phi) is 52.7. The smallest absolute Gasteiger partial charge is 0.306 e. The summed E-state index contributed by atoms with van der Waals surface area (Å²) in [6, 6.07) is 0. The van der Waals surface area contributed by atoms with Gasteiger partial charge in [0.15, 0.2) is 6.10 Å². The van der Waals surface area contributed by atoms with Crippen molar-refractivity contribution >= 4 is 17.9 Å².